The van der Waals surface area contributed by atoms with Gasteiger partial charge >= 0.3 is 12.1 Å². The number of rotatable bonds is 6. The van der Waals surface area contributed by atoms with E-state index in [0.717, 1.165) is 12.8 Å². The normalized spacial score (nSPS) is 20.1. The minimum atomic E-state index is -0.675. The van der Waals surface area contributed by atoms with Gasteiger partial charge in [-0.1, -0.05) is 0 Å². The Kier molecular flexibility index (Phi) is 3.90. The van der Waals surface area contributed by atoms with Crippen LogP contribution in [0.5, 0.6) is 0 Å². The molecule has 1 unspecified atom stereocenters. The summed E-state index contributed by atoms with van der Waals surface area (Å²) >= 11 is 0. The lowest BCUT2D eigenvalue weighted by atomic mass is 10.1. The van der Waals surface area contributed by atoms with Crippen LogP contribution in [0, 0.1) is 0 Å². The molecule has 0 aliphatic carbocycles. The summed E-state index contributed by atoms with van der Waals surface area (Å²) < 4.78 is 4.29. The molecule has 0 bridgehead atoms. The average Bonchev–Trinajstić information content (AvgIpc) is 2.45. The Morgan fingerprint density at radius 2 is 2.21 bits per heavy atom. The lowest BCUT2D eigenvalue weighted by molar-refractivity contribution is -0.135. The molecule has 1 aliphatic rings. The minimum absolute atomic E-state index is 0.515. The molecular formula is C8H12N2O4. The maximum absolute atomic E-state index is 10.9. The average molecular weight is 200 g/mol. The van der Waals surface area contributed by atoms with Crippen molar-refractivity contribution in [3.63, 3.8) is 0 Å². The monoisotopic (exact) mass is 200 g/mol. The maximum Gasteiger partial charge on any atom is 0.415 e. The number of unbranched alkanes of at least 4 members (excludes halogenated alkanes) is 1. The van der Waals surface area contributed by atoms with E-state index in [1.54, 1.807) is 0 Å². The van der Waals surface area contributed by atoms with E-state index in [0.29, 0.717) is 19.4 Å². The molecule has 14 heavy (non-hydrogen) atoms. The quantitative estimate of drug-likeness (QED) is 0.263. The number of nitrogens with one attached hydrogen (secondary N) is 2. The van der Waals surface area contributed by atoms with Crippen LogP contribution in [0.2, 0.25) is 0 Å². The lowest BCUT2D eigenvalue weighted by Gasteiger charge is -2.04. The van der Waals surface area contributed by atoms with Gasteiger partial charge in [-0.3, -0.25) is 4.79 Å². The summed E-state index contributed by atoms with van der Waals surface area (Å²) in [5.74, 6) is -0.515. The van der Waals surface area contributed by atoms with E-state index in [4.69, 9.17) is 0 Å². The number of cyclic esters (lactones) is 2. The van der Waals surface area contributed by atoms with Gasteiger partial charge < -0.3 is 15.4 Å². The van der Waals surface area contributed by atoms with E-state index in [1.807, 2.05) is 0 Å². The Morgan fingerprint density at radius 3 is 2.79 bits per heavy atom. The van der Waals surface area contributed by atoms with Gasteiger partial charge in [0, 0.05) is 6.54 Å². The van der Waals surface area contributed by atoms with Crippen LogP contribution < -0.4 is 10.6 Å². The highest BCUT2D eigenvalue weighted by molar-refractivity contribution is 5.95. The largest absolute Gasteiger partial charge is 0.415 e. The van der Waals surface area contributed by atoms with Crippen molar-refractivity contribution in [2.45, 2.75) is 25.3 Å². The zero-order valence-corrected chi connectivity index (χ0v) is 7.62. The van der Waals surface area contributed by atoms with Crippen molar-refractivity contribution in [2.24, 2.45) is 0 Å². The fraction of sp³-hybridized carbons (Fsp3) is 0.625. The van der Waals surface area contributed by atoms with Crippen LogP contribution in [0.25, 0.3) is 0 Å². The summed E-state index contributed by atoms with van der Waals surface area (Å²) in [6, 6.07) is -0.515. The third-order valence-electron chi connectivity index (χ3n) is 1.92. The van der Waals surface area contributed by atoms with Gasteiger partial charge in [-0.05, 0) is 19.3 Å². The van der Waals surface area contributed by atoms with Gasteiger partial charge in [0.05, 0.1) is 0 Å². The molecule has 1 aliphatic heterocycles. The molecule has 2 N–H and O–H groups in total. The van der Waals surface area contributed by atoms with Crippen molar-refractivity contribution < 1.29 is 19.1 Å². The van der Waals surface area contributed by atoms with E-state index in [9.17, 15) is 14.4 Å². The second-order valence-electron chi connectivity index (χ2n) is 2.97. The summed E-state index contributed by atoms with van der Waals surface area (Å²) in [5.41, 5.74) is 0. The van der Waals surface area contributed by atoms with Gasteiger partial charge in [0.15, 0.2) is 0 Å². The number of hydrogen-bond acceptors (Lipinski definition) is 4. The first-order chi connectivity index (χ1) is 6.74. The van der Waals surface area contributed by atoms with E-state index in [1.165, 1.54) is 0 Å². The zero-order chi connectivity index (χ0) is 10.4. The van der Waals surface area contributed by atoms with E-state index >= 15 is 0 Å². The molecule has 1 atom stereocenters. The fourth-order valence-electron chi connectivity index (χ4n) is 1.22. The van der Waals surface area contributed by atoms with Crippen molar-refractivity contribution in [3.8, 4) is 0 Å². The van der Waals surface area contributed by atoms with Crippen molar-refractivity contribution in [1.29, 1.82) is 0 Å². The number of amides is 2. The number of carbonyl (C=O) groups is 3. The standard InChI is InChI=1S/C8H12N2O4/c11-5-9-4-2-1-3-6-7(12)14-8(13)10-6/h5-6H,1-4H2,(H,9,11)(H,10,13). The van der Waals surface area contributed by atoms with Crippen molar-refractivity contribution in [2.75, 3.05) is 6.54 Å². The van der Waals surface area contributed by atoms with Crippen molar-refractivity contribution in [3.05, 3.63) is 0 Å². The van der Waals surface area contributed by atoms with E-state index < -0.39 is 18.1 Å². The molecule has 0 spiro atoms. The van der Waals surface area contributed by atoms with Crippen LogP contribution in [0.4, 0.5) is 4.79 Å². The Balaban J connectivity index is 2.09. The smallest absolute Gasteiger partial charge is 0.375 e. The molecule has 0 saturated carbocycles. The highest BCUT2D eigenvalue weighted by Crippen LogP contribution is 2.07. The molecule has 1 rings (SSSR count). The first-order valence-corrected chi connectivity index (χ1v) is 4.43. The number of ether oxygens (including phenoxy) is 1. The van der Waals surface area contributed by atoms with Crippen molar-refractivity contribution >= 4 is 18.5 Å². The van der Waals surface area contributed by atoms with Gasteiger partial charge in [0.2, 0.25) is 6.41 Å². The molecule has 2 amide bonds. The zero-order valence-electron chi connectivity index (χ0n) is 7.62. The molecule has 1 saturated heterocycles. The van der Waals surface area contributed by atoms with E-state index in [2.05, 4.69) is 15.4 Å². The van der Waals surface area contributed by atoms with Crippen LogP contribution in [-0.2, 0) is 14.3 Å². The van der Waals surface area contributed by atoms with E-state index in [-0.39, 0.29) is 0 Å². The van der Waals surface area contributed by atoms with Crippen molar-refractivity contribution in [1.82, 2.24) is 10.6 Å². The first-order valence-electron chi connectivity index (χ1n) is 4.43. The summed E-state index contributed by atoms with van der Waals surface area (Å²) in [6.45, 7) is 0.583. The van der Waals surface area contributed by atoms with Crippen LogP contribution in [-0.4, -0.2) is 31.1 Å². The van der Waals surface area contributed by atoms with Gasteiger partial charge in [-0.2, -0.15) is 0 Å². The fourth-order valence-corrected chi connectivity index (χ4v) is 1.22. The predicted molar refractivity (Wildman–Crippen MR) is 46.3 cm³/mol. The topological polar surface area (TPSA) is 84.5 Å². The van der Waals surface area contributed by atoms with Crippen LogP contribution in [0.1, 0.15) is 19.3 Å². The van der Waals surface area contributed by atoms with Gasteiger partial charge in [0.25, 0.3) is 0 Å². The Bertz CT molecular complexity index is 241. The molecule has 0 radical (unpaired) electrons. The minimum Gasteiger partial charge on any atom is -0.375 e. The third kappa shape index (κ3) is 3.04. The highest BCUT2D eigenvalue weighted by Gasteiger charge is 2.31. The van der Waals surface area contributed by atoms with Gasteiger partial charge in [-0.15, -0.1) is 0 Å². The molecule has 0 aromatic carbocycles. The summed E-state index contributed by atoms with van der Waals surface area (Å²) in [6.07, 6.45) is 2.03. The molecule has 1 heterocycles. The Labute approximate surface area is 81.0 Å². The lowest BCUT2D eigenvalue weighted by Crippen LogP contribution is -2.28. The molecule has 1 fully saturated rings. The molecular weight excluding hydrogens is 188 g/mol. The van der Waals surface area contributed by atoms with Crippen LogP contribution in [0.15, 0.2) is 0 Å². The number of alkyl carbamates (subject to hydrolysis) is 1. The Morgan fingerprint density at radius 1 is 1.43 bits per heavy atom. The predicted octanol–water partition coefficient (Wildman–Crippen LogP) is -0.462. The summed E-state index contributed by atoms with van der Waals surface area (Å²) in [7, 11) is 0. The maximum atomic E-state index is 10.9. The van der Waals surface area contributed by atoms with Gasteiger partial charge in [0.1, 0.15) is 6.04 Å². The third-order valence-corrected chi connectivity index (χ3v) is 1.92. The molecule has 6 nitrogen and oxygen atoms in total. The van der Waals surface area contributed by atoms with Crippen LogP contribution in [0.3, 0.4) is 0 Å². The number of hydrogen-bond donors (Lipinski definition) is 2. The molecule has 6 heteroatoms. The number of esters is 1. The number of carbonyl (C=O) groups excluding carboxylic acids is 3. The first kappa shape index (κ1) is 10.5. The highest BCUT2D eigenvalue weighted by atomic mass is 16.6. The van der Waals surface area contributed by atoms with Crippen LogP contribution >= 0.6 is 0 Å². The SMILES string of the molecule is O=CNCCCCC1NC(=O)OC1=O. The molecule has 0 aromatic heterocycles. The summed E-state index contributed by atoms with van der Waals surface area (Å²) in [5, 5.41) is 4.90. The molecule has 78 valence electrons. The Hall–Kier alpha value is -1.59. The summed E-state index contributed by atoms with van der Waals surface area (Å²) in [4.78, 5) is 31.4. The second kappa shape index (κ2) is 5.21. The van der Waals surface area contributed by atoms with Gasteiger partial charge in [-0.25, -0.2) is 9.59 Å². The molecule has 0 aromatic rings. The second-order valence-corrected chi connectivity index (χ2v) is 2.97.